The summed E-state index contributed by atoms with van der Waals surface area (Å²) >= 11 is 0. The molecule has 0 spiro atoms. The largest absolute Gasteiger partial charge is 0.496 e. The maximum atomic E-state index is 12.6. The van der Waals surface area contributed by atoms with Crippen LogP contribution in [-0.4, -0.2) is 20.3 Å². The van der Waals surface area contributed by atoms with Crippen molar-refractivity contribution in [1.82, 2.24) is 5.32 Å². The molecule has 1 N–H and O–H groups in total. The first-order valence-electron chi connectivity index (χ1n) is 4.37. The molecule has 0 heterocycles. The molecule has 0 aliphatic carbocycles. The van der Waals surface area contributed by atoms with Gasteiger partial charge >= 0.3 is 6.18 Å². The van der Waals surface area contributed by atoms with E-state index in [9.17, 15) is 13.2 Å². The van der Waals surface area contributed by atoms with E-state index in [1.165, 1.54) is 26.3 Å². The van der Waals surface area contributed by atoms with Gasteiger partial charge in [0.1, 0.15) is 11.8 Å². The highest BCUT2D eigenvalue weighted by molar-refractivity contribution is 5.36. The van der Waals surface area contributed by atoms with Crippen molar-refractivity contribution in [3.8, 4) is 5.75 Å². The topological polar surface area (TPSA) is 21.3 Å². The van der Waals surface area contributed by atoms with Gasteiger partial charge in [-0.15, -0.1) is 0 Å². The SMILES string of the molecule is CNC(c1ccccc1OC)C(F)(F)F. The van der Waals surface area contributed by atoms with E-state index in [4.69, 9.17) is 4.74 Å². The third-order valence-corrected chi connectivity index (χ3v) is 2.07. The van der Waals surface area contributed by atoms with Gasteiger partial charge in [-0.3, -0.25) is 0 Å². The first-order chi connectivity index (χ1) is 7.00. The lowest BCUT2D eigenvalue weighted by molar-refractivity contribution is -0.156. The molecule has 0 aliphatic rings. The van der Waals surface area contributed by atoms with Crippen molar-refractivity contribution in [1.29, 1.82) is 0 Å². The number of halogens is 3. The predicted octanol–water partition coefficient (Wildman–Crippen LogP) is 2.52. The average Bonchev–Trinajstić information content (AvgIpc) is 2.17. The fraction of sp³-hybridized carbons (Fsp3) is 0.400. The number of para-hydroxylation sites is 1. The van der Waals surface area contributed by atoms with E-state index in [-0.39, 0.29) is 11.3 Å². The Hall–Kier alpha value is -1.23. The maximum Gasteiger partial charge on any atom is 0.408 e. The van der Waals surface area contributed by atoms with E-state index in [1.807, 2.05) is 0 Å². The Labute approximate surface area is 86.1 Å². The molecule has 0 fully saturated rings. The van der Waals surface area contributed by atoms with Crippen molar-refractivity contribution in [2.75, 3.05) is 14.2 Å². The molecule has 1 rings (SSSR count). The molecule has 2 nitrogen and oxygen atoms in total. The second-order valence-corrected chi connectivity index (χ2v) is 3.01. The standard InChI is InChI=1S/C10H12F3NO/c1-14-9(10(11,12)13)7-5-3-4-6-8(7)15-2/h3-6,9,14H,1-2H3. The number of rotatable bonds is 3. The van der Waals surface area contributed by atoms with Crippen LogP contribution in [-0.2, 0) is 0 Å². The van der Waals surface area contributed by atoms with Crippen LogP contribution in [0.25, 0.3) is 0 Å². The van der Waals surface area contributed by atoms with Crippen LogP contribution in [0, 0.1) is 0 Å². The summed E-state index contributed by atoms with van der Waals surface area (Å²) in [4.78, 5) is 0. The Morgan fingerprint density at radius 3 is 2.33 bits per heavy atom. The molecule has 0 saturated heterocycles. The third kappa shape index (κ3) is 2.62. The van der Waals surface area contributed by atoms with E-state index in [2.05, 4.69) is 5.32 Å². The van der Waals surface area contributed by atoms with Crippen LogP contribution in [0.2, 0.25) is 0 Å². The fourth-order valence-electron chi connectivity index (χ4n) is 1.40. The highest BCUT2D eigenvalue weighted by Crippen LogP contribution is 2.36. The van der Waals surface area contributed by atoms with Crippen molar-refractivity contribution in [2.45, 2.75) is 12.2 Å². The summed E-state index contributed by atoms with van der Waals surface area (Å²) in [5.74, 6) is 0.231. The number of hydrogen-bond acceptors (Lipinski definition) is 2. The molecule has 84 valence electrons. The average molecular weight is 219 g/mol. The smallest absolute Gasteiger partial charge is 0.408 e. The van der Waals surface area contributed by atoms with E-state index in [1.54, 1.807) is 12.1 Å². The van der Waals surface area contributed by atoms with Crippen molar-refractivity contribution in [3.63, 3.8) is 0 Å². The van der Waals surface area contributed by atoms with E-state index < -0.39 is 12.2 Å². The summed E-state index contributed by atoms with van der Waals surface area (Å²) < 4.78 is 42.7. The Kier molecular flexibility index (Phi) is 3.57. The molecule has 0 aromatic heterocycles. The highest BCUT2D eigenvalue weighted by Gasteiger charge is 2.40. The molecule has 5 heteroatoms. The zero-order chi connectivity index (χ0) is 11.5. The molecular weight excluding hydrogens is 207 g/mol. The summed E-state index contributed by atoms with van der Waals surface area (Å²) in [6, 6.07) is 4.38. The van der Waals surface area contributed by atoms with Gasteiger partial charge in [-0.05, 0) is 13.1 Å². The summed E-state index contributed by atoms with van der Waals surface area (Å²) in [6.07, 6.45) is -4.33. The zero-order valence-corrected chi connectivity index (χ0v) is 8.43. The van der Waals surface area contributed by atoms with E-state index in [0.29, 0.717) is 0 Å². The van der Waals surface area contributed by atoms with E-state index >= 15 is 0 Å². The minimum absolute atomic E-state index is 0.0926. The van der Waals surface area contributed by atoms with Crippen LogP contribution in [0.3, 0.4) is 0 Å². The van der Waals surface area contributed by atoms with Crippen LogP contribution < -0.4 is 10.1 Å². The second kappa shape index (κ2) is 4.53. The Balaban J connectivity index is 3.12. The lowest BCUT2D eigenvalue weighted by atomic mass is 10.1. The van der Waals surface area contributed by atoms with E-state index in [0.717, 1.165) is 0 Å². The number of methoxy groups -OCH3 is 1. The molecule has 0 radical (unpaired) electrons. The minimum Gasteiger partial charge on any atom is -0.496 e. The molecular formula is C10H12F3NO. The molecule has 0 aliphatic heterocycles. The summed E-state index contributed by atoms with van der Waals surface area (Å²) in [7, 11) is 2.62. The molecule has 15 heavy (non-hydrogen) atoms. The first kappa shape index (κ1) is 11.8. The summed E-state index contributed by atoms with van der Waals surface area (Å²) in [6.45, 7) is 0. The number of ether oxygens (including phenoxy) is 1. The Bertz CT molecular complexity index is 325. The molecule has 0 bridgehead atoms. The van der Waals surface area contributed by atoms with Crippen LogP contribution >= 0.6 is 0 Å². The van der Waals surface area contributed by atoms with Gasteiger partial charge in [0.25, 0.3) is 0 Å². The zero-order valence-electron chi connectivity index (χ0n) is 8.43. The third-order valence-electron chi connectivity index (χ3n) is 2.07. The van der Waals surface area contributed by atoms with Crippen molar-refractivity contribution >= 4 is 0 Å². The lowest BCUT2D eigenvalue weighted by Crippen LogP contribution is -2.31. The minimum atomic E-state index is -4.33. The Morgan fingerprint density at radius 2 is 1.87 bits per heavy atom. The lowest BCUT2D eigenvalue weighted by Gasteiger charge is -2.21. The normalized spacial score (nSPS) is 13.7. The highest BCUT2D eigenvalue weighted by atomic mass is 19.4. The number of hydrogen-bond donors (Lipinski definition) is 1. The van der Waals surface area contributed by atoms with Gasteiger partial charge in [0.05, 0.1) is 7.11 Å². The van der Waals surface area contributed by atoms with Gasteiger partial charge in [-0.25, -0.2) is 0 Å². The van der Waals surface area contributed by atoms with Gasteiger partial charge in [0, 0.05) is 5.56 Å². The maximum absolute atomic E-state index is 12.6. The molecule has 1 aromatic carbocycles. The molecule has 1 atom stereocenters. The molecule has 0 amide bonds. The second-order valence-electron chi connectivity index (χ2n) is 3.01. The number of nitrogens with one attached hydrogen (secondary N) is 1. The van der Waals surface area contributed by atoms with Crippen LogP contribution in [0.5, 0.6) is 5.75 Å². The van der Waals surface area contributed by atoms with Gasteiger partial charge in [0.2, 0.25) is 0 Å². The molecule has 1 unspecified atom stereocenters. The van der Waals surface area contributed by atoms with Crippen LogP contribution in [0.4, 0.5) is 13.2 Å². The first-order valence-corrected chi connectivity index (χ1v) is 4.37. The summed E-state index contributed by atoms with van der Waals surface area (Å²) in [5.41, 5.74) is 0.0926. The molecule has 0 saturated carbocycles. The van der Waals surface area contributed by atoms with Crippen LogP contribution in [0.15, 0.2) is 24.3 Å². The number of alkyl halides is 3. The van der Waals surface area contributed by atoms with Gasteiger partial charge in [-0.2, -0.15) is 13.2 Å². The summed E-state index contributed by atoms with van der Waals surface area (Å²) in [5, 5.41) is 2.23. The monoisotopic (exact) mass is 219 g/mol. The quantitative estimate of drug-likeness (QED) is 0.843. The number of benzene rings is 1. The predicted molar refractivity (Wildman–Crippen MR) is 50.8 cm³/mol. The van der Waals surface area contributed by atoms with Crippen molar-refractivity contribution in [2.24, 2.45) is 0 Å². The van der Waals surface area contributed by atoms with Gasteiger partial charge in [0.15, 0.2) is 0 Å². The Morgan fingerprint density at radius 1 is 1.27 bits per heavy atom. The van der Waals surface area contributed by atoms with Gasteiger partial charge in [-0.1, -0.05) is 18.2 Å². The van der Waals surface area contributed by atoms with Crippen molar-refractivity contribution in [3.05, 3.63) is 29.8 Å². The van der Waals surface area contributed by atoms with Crippen molar-refractivity contribution < 1.29 is 17.9 Å². The van der Waals surface area contributed by atoms with Gasteiger partial charge < -0.3 is 10.1 Å². The van der Waals surface area contributed by atoms with Crippen LogP contribution in [0.1, 0.15) is 11.6 Å². The molecule has 1 aromatic rings. The fourth-order valence-corrected chi connectivity index (χ4v) is 1.40.